The summed E-state index contributed by atoms with van der Waals surface area (Å²) in [5, 5.41) is 0. The quantitative estimate of drug-likeness (QED) is 0.390. The number of allylic oxidation sites excluding steroid dienone is 1. The lowest BCUT2D eigenvalue weighted by Gasteiger charge is -2.04. The summed E-state index contributed by atoms with van der Waals surface area (Å²) in [5.41, 5.74) is 0. The van der Waals surface area contributed by atoms with Crippen LogP contribution in [0.3, 0.4) is 0 Å². The highest BCUT2D eigenvalue weighted by atomic mass is 16.5. The van der Waals surface area contributed by atoms with E-state index in [1.807, 2.05) is 13.0 Å². The summed E-state index contributed by atoms with van der Waals surface area (Å²) in [6.45, 7) is 7.45. The largest absolute Gasteiger partial charge is 0.502 e. The highest BCUT2D eigenvalue weighted by Crippen LogP contribution is 2.10. The second-order valence-corrected chi connectivity index (χ2v) is 4.29. The molecule has 14 heavy (non-hydrogen) atoms. The minimum atomic E-state index is 0.869. The van der Waals surface area contributed by atoms with Gasteiger partial charge in [-0.2, -0.15) is 0 Å². The van der Waals surface area contributed by atoms with Gasteiger partial charge in [0, 0.05) is 0 Å². The van der Waals surface area contributed by atoms with Gasteiger partial charge in [-0.15, -0.1) is 0 Å². The lowest BCUT2D eigenvalue weighted by Crippen LogP contribution is -1.89. The van der Waals surface area contributed by atoms with E-state index in [0.29, 0.717) is 0 Å². The maximum atomic E-state index is 5.25. The van der Waals surface area contributed by atoms with Gasteiger partial charge in [-0.3, -0.25) is 0 Å². The Morgan fingerprint density at radius 1 is 1.00 bits per heavy atom. The minimum absolute atomic E-state index is 0.869. The van der Waals surface area contributed by atoms with Crippen LogP contribution in [0.15, 0.2) is 12.3 Å². The van der Waals surface area contributed by atoms with Gasteiger partial charge in [0.1, 0.15) is 0 Å². The normalized spacial score (nSPS) is 11.4. The third-order valence-corrected chi connectivity index (χ3v) is 2.28. The minimum Gasteiger partial charge on any atom is -0.502 e. The fourth-order valence-electron chi connectivity index (χ4n) is 1.43. The van der Waals surface area contributed by atoms with E-state index in [-0.39, 0.29) is 0 Å². The summed E-state index contributed by atoms with van der Waals surface area (Å²) >= 11 is 0. The van der Waals surface area contributed by atoms with Crippen LogP contribution in [0.1, 0.15) is 59.3 Å². The third kappa shape index (κ3) is 11.5. The number of hydrogen-bond acceptors (Lipinski definition) is 1. The van der Waals surface area contributed by atoms with Crippen molar-refractivity contribution in [1.29, 1.82) is 0 Å². The first kappa shape index (κ1) is 13.5. The van der Waals surface area contributed by atoms with Gasteiger partial charge in [-0.25, -0.2) is 0 Å². The first-order valence-electron chi connectivity index (χ1n) is 6.00. The van der Waals surface area contributed by atoms with Crippen LogP contribution in [-0.2, 0) is 4.74 Å². The van der Waals surface area contributed by atoms with Gasteiger partial charge in [-0.05, 0) is 19.3 Å². The summed E-state index contributed by atoms with van der Waals surface area (Å²) in [6.07, 6.45) is 11.8. The van der Waals surface area contributed by atoms with Crippen LogP contribution in [0.5, 0.6) is 0 Å². The number of rotatable bonds is 9. The van der Waals surface area contributed by atoms with E-state index >= 15 is 0 Å². The smallest absolute Gasteiger partial charge is 0.0873 e. The van der Waals surface area contributed by atoms with Crippen molar-refractivity contribution >= 4 is 0 Å². The van der Waals surface area contributed by atoms with Crippen LogP contribution in [0.25, 0.3) is 0 Å². The van der Waals surface area contributed by atoms with E-state index < -0.39 is 0 Å². The van der Waals surface area contributed by atoms with Gasteiger partial charge in [0.15, 0.2) is 0 Å². The molecular formula is C13H26O. The zero-order valence-corrected chi connectivity index (χ0v) is 10.1. The first-order valence-corrected chi connectivity index (χ1v) is 6.00. The summed E-state index contributed by atoms with van der Waals surface area (Å²) in [6, 6.07) is 0. The van der Waals surface area contributed by atoms with Crippen molar-refractivity contribution in [3.63, 3.8) is 0 Å². The van der Waals surface area contributed by atoms with Crippen molar-refractivity contribution < 1.29 is 4.74 Å². The van der Waals surface area contributed by atoms with Gasteiger partial charge in [0.25, 0.3) is 0 Å². The molecule has 0 aromatic carbocycles. The second-order valence-electron chi connectivity index (χ2n) is 4.29. The molecule has 0 atom stereocenters. The van der Waals surface area contributed by atoms with E-state index in [2.05, 4.69) is 13.8 Å². The number of ether oxygens (including phenoxy) is 1. The fraction of sp³-hybridized carbons (Fsp3) is 0.846. The molecule has 0 radical (unpaired) electrons. The van der Waals surface area contributed by atoms with Gasteiger partial charge >= 0.3 is 0 Å². The molecule has 84 valence electrons. The zero-order chi connectivity index (χ0) is 10.6. The molecule has 1 nitrogen and oxygen atoms in total. The summed E-state index contributed by atoms with van der Waals surface area (Å²) in [4.78, 5) is 0. The fourth-order valence-corrected chi connectivity index (χ4v) is 1.43. The first-order chi connectivity index (χ1) is 6.77. The van der Waals surface area contributed by atoms with Crippen molar-refractivity contribution in [3.8, 4) is 0 Å². The molecule has 0 saturated heterocycles. The van der Waals surface area contributed by atoms with Crippen molar-refractivity contribution in [2.75, 3.05) is 6.61 Å². The molecule has 0 bridgehead atoms. The van der Waals surface area contributed by atoms with Crippen LogP contribution < -0.4 is 0 Å². The zero-order valence-electron chi connectivity index (χ0n) is 10.1. The second kappa shape index (κ2) is 10.6. The van der Waals surface area contributed by atoms with Crippen LogP contribution in [0.2, 0.25) is 0 Å². The molecule has 0 aliphatic carbocycles. The predicted octanol–water partition coefficient (Wildman–Crippen LogP) is 4.53. The van der Waals surface area contributed by atoms with Gasteiger partial charge in [0.05, 0.1) is 12.9 Å². The molecule has 0 spiro atoms. The number of unbranched alkanes of at least 4 members (excludes halogenated alkanes) is 4. The molecule has 0 N–H and O–H groups in total. The predicted molar refractivity (Wildman–Crippen MR) is 63.3 cm³/mol. The SMILES string of the molecule is CC=COCCCCCCCC(C)C. The highest BCUT2D eigenvalue weighted by molar-refractivity contribution is 4.64. The average Bonchev–Trinajstić information content (AvgIpc) is 2.15. The lowest BCUT2D eigenvalue weighted by atomic mass is 10.0. The molecule has 0 heterocycles. The molecule has 0 rings (SSSR count). The summed E-state index contributed by atoms with van der Waals surface area (Å²) in [5.74, 6) is 0.869. The average molecular weight is 198 g/mol. The molecule has 0 aliphatic rings. The molecular weight excluding hydrogens is 172 g/mol. The van der Waals surface area contributed by atoms with E-state index in [1.54, 1.807) is 6.26 Å². The third-order valence-electron chi connectivity index (χ3n) is 2.28. The molecule has 0 unspecified atom stereocenters. The monoisotopic (exact) mass is 198 g/mol. The Balaban J connectivity index is 2.92. The molecule has 0 aliphatic heterocycles. The van der Waals surface area contributed by atoms with Crippen molar-refractivity contribution in [2.24, 2.45) is 5.92 Å². The Kier molecular flexibility index (Phi) is 10.3. The molecule has 0 saturated carbocycles. The topological polar surface area (TPSA) is 9.23 Å². The van der Waals surface area contributed by atoms with Gasteiger partial charge in [-0.1, -0.05) is 52.0 Å². The maximum absolute atomic E-state index is 5.25. The van der Waals surface area contributed by atoms with Crippen molar-refractivity contribution in [3.05, 3.63) is 12.3 Å². The van der Waals surface area contributed by atoms with Crippen LogP contribution in [0, 0.1) is 5.92 Å². The van der Waals surface area contributed by atoms with Crippen LogP contribution in [0.4, 0.5) is 0 Å². The molecule has 0 aromatic rings. The Bertz CT molecular complexity index is 127. The van der Waals surface area contributed by atoms with Crippen molar-refractivity contribution in [2.45, 2.75) is 59.3 Å². The molecule has 0 amide bonds. The Labute approximate surface area is 89.5 Å². The summed E-state index contributed by atoms with van der Waals surface area (Å²) in [7, 11) is 0. The van der Waals surface area contributed by atoms with Crippen molar-refractivity contribution in [1.82, 2.24) is 0 Å². The highest BCUT2D eigenvalue weighted by Gasteiger charge is 1.94. The summed E-state index contributed by atoms with van der Waals surface area (Å²) < 4.78 is 5.25. The Hall–Kier alpha value is -0.460. The Morgan fingerprint density at radius 2 is 1.64 bits per heavy atom. The molecule has 0 aromatic heterocycles. The van der Waals surface area contributed by atoms with Gasteiger partial charge in [0.2, 0.25) is 0 Å². The number of hydrogen-bond donors (Lipinski definition) is 0. The molecule has 1 heteroatoms. The van der Waals surface area contributed by atoms with Crippen LogP contribution in [-0.4, -0.2) is 6.61 Å². The van der Waals surface area contributed by atoms with E-state index in [1.165, 1.54) is 38.5 Å². The maximum Gasteiger partial charge on any atom is 0.0873 e. The Morgan fingerprint density at radius 3 is 2.29 bits per heavy atom. The lowest BCUT2D eigenvalue weighted by molar-refractivity contribution is 0.240. The van der Waals surface area contributed by atoms with E-state index in [9.17, 15) is 0 Å². The van der Waals surface area contributed by atoms with Gasteiger partial charge < -0.3 is 4.74 Å². The molecule has 0 fully saturated rings. The van der Waals surface area contributed by atoms with E-state index in [4.69, 9.17) is 4.74 Å². The van der Waals surface area contributed by atoms with E-state index in [0.717, 1.165) is 12.5 Å². The van der Waals surface area contributed by atoms with Crippen LogP contribution >= 0.6 is 0 Å². The standard InChI is InChI=1S/C13H26O/c1-4-11-14-12-9-7-5-6-8-10-13(2)3/h4,11,13H,5-10,12H2,1-3H3.